The van der Waals surface area contributed by atoms with Crippen molar-refractivity contribution in [2.24, 2.45) is 0 Å². The summed E-state index contributed by atoms with van der Waals surface area (Å²) in [4.78, 5) is 0.405. The molecule has 5 heteroatoms. The van der Waals surface area contributed by atoms with Crippen LogP contribution in [0.5, 0.6) is 0 Å². The van der Waals surface area contributed by atoms with Gasteiger partial charge in [-0.2, -0.15) is 4.31 Å². The van der Waals surface area contributed by atoms with Gasteiger partial charge in [0.2, 0.25) is 10.0 Å². The van der Waals surface area contributed by atoms with Crippen LogP contribution in [0, 0.1) is 0 Å². The Morgan fingerprint density at radius 1 is 1.24 bits per heavy atom. The second kappa shape index (κ2) is 7.38. The number of benzene rings is 1. The minimum Gasteiger partial charge on any atom is -0.313 e. The standard InChI is InChI=1S/C16H26N2O2S/c1-3-6-14-8-10-16(11-9-14)21(19,20)18(4-2)13-15-7-5-12-17-15/h8-11,15,17H,3-7,12-13H2,1-2H3. The van der Waals surface area contributed by atoms with Crippen molar-refractivity contribution < 1.29 is 8.42 Å². The average molecular weight is 310 g/mol. The summed E-state index contributed by atoms with van der Waals surface area (Å²) < 4.78 is 27.0. The third-order valence-corrected chi connectivity index (χ3v) is 5.99. The molecule has 21 heavy (non-hydrogen) atoms. The molecule has 0 aromatic heterocycles. The zero-order valence-electron chi connectivity index (χ0n) is 13.0. The predicted octanol–water partition coefficient (Wildman–Crippen LogP) is 2.40. The lowest BCUT2D eigenvalue weighted by atomic mass is 10.1. The molecule has 0 radical (unpaired) electrons. The Morgan fingerprint density at radius 3 is 2.48 bits per heavy atom. The first kappa shape index (κ1) is 16.5. The summed E-state index contributed by atoms with van der Waals surface area (Å²) in [6, 6.07) is 7.63. The number of sulfonamides is 1. The Morgan fingerprint density at radius 2 is 1.95 bits per heavy atom. The molecule has 1 fully saturated rings. The minimum atomic E-state index is -3.38. The van der Waals surface area contributed by atoms with Crippen LogP contribution in [-0.2, 0) is 16.4 Å². The van der Waals surface area contributed by atoms with Gasteiger partial charge in [-0.15, -0.1) is 0 Å². The molecule has 4 nitrogen and oxygen atoms in total. The van der Waals surface area contributed by atoms with E-state index in [2.05, 4.69) is 12.2 Å². The molecule has 0 spiro atoms. The molecule has 1 aliphatic rings. The molecule has 1 N–H and O–H groups in total. The third-order valence-electron chi connectivity index (χ3n) is 4.04. The van der Waals surface area contributed by atoms with Crippen LogP contribution in [0.4, 0.5) is 0 Å². The van der Waals surface area contributed by atoms with Crippen molar-refractivity contribution in [1.82, 2.24) is 9.62 Å². The SMILES string of the molecule is CCCc1ccc(S(=O)(=O)N(CC)CC2CCCN2)cc1. The van der Waals surface area contributed by atoms with Gasteiger partial charge in [0.15, 0.2) is 0 Å². The van der Waals surface area contributed by atoms with Crippen LogP contribution in [0.15, 0.2) is 29.2 Å². The van der Waals surface area contributed by atoms with E-state index in [1.54, 1.807) is 16.4 Å². The summed E-state index contributed by atoms with van der Waals surface area (Å²) >= 11 is 0. The quantitative estimate of drug-likeness (QED) is 0.841. The van der Waals surface area contributed by atoms with E-state index in [-0.39, 0.29) is 0 Å². The maximum Gasteiger partial charge on any atom is 0.243 e. The zero-order chi connectivity index (χ0) is 15.3. The average Bonchev–Trinajstić information content (AvgIpc) is 2.98. The molecule has 1 heterocycles. The fraction of sp³-hybridized carbons (Fsp3) is 0.625. The highest BCUT2D eigenvalue weighted by Gasteiger charge is 2.26. The van der Waals surface area contributed by atoms with Gasteiger partial charge in [0, 0.05) is 19.1 Å². The number of rotatable bonds is 7. The van der Waals surface area contributed by atoms with Crippen LogP contribution >= 0.6 is 0 Å². The largest absolute Gasteiger partial charge is 0.313 e. The number of hydrogen-bond acceptors (Lipinski definition) is 3. The summed E-state index contributed by atoms with van der Waals surface area (Å²) in [5.74, 6) is 0. The number of nitrogens with zero attached hydrogens (tertiary/aromatic N) is 1. The maximum atomic E-state index is 12.7. The molecule has 1 aromatic carbocycles. The van der Waals surface area contributed by atoms with E-state index in [1.165, 1.54) is 5.56 Å². The van der Waals surface area contributed by atoms with E-state index in [1.807, 2.05) is 19.1 Å². The van der Waals surface area contributed by atoms with Gasteiger partial charge in [-0.05, 0) is 43.5 Å². The van der Waals surface area contributed by atoms with E-state index < -0.39 is 10.0 Å². The van der Waals surface area contributed by atoms with Crippen LogP contribution in [0.2, 0.25) is 0 Å². The molecule has 1 aliphatic heterocycles. The first-order valence-electron chi connectivity index (χ1n) is 7.90. The maximum absolute atomic E-state index is 12.7. The summed E-state index contributed by atoms with van der Waals surface area (Å²) in [5.41, 5.74) is 1.19. The second-order valence-electron chi connectivity index (χ2n) is 5.64. The molecule has 1 aromatic rings. The first-order chi connectivity index (χ1) is 10.1. The van der Waals surface area contributed by atoms with Crippen molar-refractivity contribution >= 4 is 10.0 Å². The Hall–Kier alpha value is -0.910. The van der Waals surface area contributed by atoms with Crippen molar-refractivity contribution in [1.29, 1.82) is 0 Å². The van der Waals surface area contributed by atoms with E-state index in [4.69, 9.17) is 0 Å². The molecule has 1 atom stereocenters. The van der Waals surface area contributed by atoms with Crippen molar-refractivity contribution in [3.8, 4) is 0 Å². The van der Waals surface area contributed by atoms with Crippen molar-refractivity contribution in [2.45, 2.75) is 50.5 Å². The lowest BCUT2D eigenvalue weighted by Gasteiger charge is -2.24. The number of aryl methyl sites for hydroxylation is 1. The Kier molecular flexibility index (Phi) is 5.79. The van der Waals surface area contributed by atoms with Gasteiger partial charge in [0.25, 0.3) is 0 Å². The van der Waals surface area contributed by atoms with Gasteiger partial charge < -0.3 is 5.32 Å². The van der Waals surface area contributed by atoms with Crippen LogP contribution < -0.4 is 5.32 Å². The van der Waals surface area contributed by atoms with E-state index in [9.17, 15) is 8.42 Å². The molecular formula is C16H26N2O2S. The highest BCUT2D eigenvalue weighted by molar-refractivity contribution is 7.89. The fourth-order valence-corrected chi connectivity index (χ4v) is 4.32. The molecule has 0 saturated carbocycles. The van der Waals surface area contributed by atoms with Crippen LogP contribution in [0.1, 0.15) is 38.7 Å². The fourth-order valence-electron chi connectivity index (χ4n) is 2.82. The van der Waals surface area contributed by atoms with E-state index in [0.717, 1.165) is 32.2 Å². The molecule has 0 bridgehead atoms. The number of hydrogen-bond donors (Lipinski definition) is 1. The molecule has 118 valence electrons. The van der Waals surface area contributed by atoms with Gasteiger partial charge in [0.05, 0.1) is 4.90 Å². The van der Waals surface area contributed by atoms with Crippen LogP contribution in [-0.4, -0.2) is 38.4 Å². The van der Waals surface area contributed by atoms with Gasteiger partial charge in [0.1, 0.15) is 0 Å². The lowest BCUT2D eigenvalue weighted by molar-refractivity contribution is 0.383. The van der Waals surface area contributed by atoms with Gasteiger partial charge in [-0.3, -0.25) is 0 Å². The monoisotopic (exact) mass is 310 g/mol. The third kappa shape index (κ3) is 4.05. The normalized spacial score (nSPS) is 19.3. The summed E-state index contributed by atoms with van der Waals surface area (Å²) in [5, 5.41) is 3.36. The van der Waals surface area contributed by atoms with Crippen molar-refractivity contribution in [3.05, 3.63) is 29.8 Å². The Bertz CT molecular complexity index is 534. The Balaban J connectivity index is 2.13. The second-order valence-corrected chi connectivity index (χ2v) is 7.58. The topological polar surface area (TPSA) is 49.4 Å². The lowest BCUT2D eigenvalue weighted by Crippen LogP contribution is -2.40. The van der Waals surface area contributed by atoms with Crippen LogP contribution in [0.25, 0.3) is 0 Å². The molecular weight excluding hydrogens is 284 g/mol. The van der Waals surface area contributed by atoms with Gasteiger partial charge >= 0.3 is 0 Å². The van der Waals surface area contributed by atoms with E-state index >= 15 is 0 Å². The summed E-state index contributed by atoms with van der Waals surface area (Å²) in [7, 11) is -3.38. The van der Waals surface area contributed by atoms with Crippen LogP contribution in [0.3, 0.4) is 0 Å². The summed E-state index contributed by atoms with van der Waals surface area (Å²) in [6.45, 7) is 6.09. The Labute approximate surface area is 128 Å². The highest BCUT2D eigenvalue weighted by atomic mass is 32.2. The van der Waals surface area contributed by atoms with Gasteiger partial charge in [-0.25, -0.2) is 8.42 Å². The summed E-state index contributed by atoms with van der Waals surface area (Å²) in [6.07, 6.45) is 4.25. The molecule has 2 rings (SSSR count). The number of nitrogens with one attached hydrogen (secondary N) is 1. The zero-order valence-corrected chi connectivity index (χ0v) is 13.8. The molecule has 1 unspecified atom stereocenters. The number of likely N-dealkylation sites (N-methyl/N-ethyl adjacent to an activating group) is 1. The molecule has 0 aliphatic carbocycles. The minimum absolute atomic E-state index is 0.291. The molecule has 1 saturated heterocycles. The van der Waals surface area contributed by atoms with Gasteiger partial charge in [-0.1, -0.05) is 32.4 Å². The highest BCUT2D eigenvalue weighted by Crippen LogP contribution is 2.19. The first-order valence-corrected chi connectivity index (χ1v) is 9.34. The smallest absolute Gasteiger partial charge is 0.243 e. The predicted molar refractivity (Wildman–Crippen MR) is 85.9 cm³/mol. The molecule has 0 amide bonds. The van der Waals surface area contributed by atoms with Crippen molar-refractivity contribution in [3.63, 3.8) is 0 Å². The van der Waals surface area contributed by atoms with Crippen molar-refractivity contribution in [2.75, 3.05) is 19.6 Å². The van der Waals surface area contributed by atoms with E-state index in [0.29, 0.717) is 24.0 Å².